The summed E-state index contributed by atoms with van der Waals surface area (Å²) in [6, 6.07) is 17.8. The predicted molar refractivity (Wildman–Crippen MR) is 198 cm³/mol. The van der Waals surface area contributed by atoms with Crippen LogP contribution in [0.3, 0.4) is 0 Å². The Labute approximate surface area is 306 Å². The normalized spacial score (nSPS) is 16.2. The van der Waals surface area contributed by atoms with Crippen molar-refractivity contribution in [3.63, 3.8) is 0 Å². The number of amides is 3. The van der Waals surface area contributed by atoms with Crippen molar-refractivity contribution < 1.29 is 33.4 Å². The molecule has 3 aromatic carbocycles. The SMILES string of the molecule is CCCCCCCCCCCCOC(=O)c1ccc(Cl)c(NC(=O)C(C(=O)c2ccc(OC)cc2)N2C(=O)C(C)C(Cc3ccccc3)C2=O)c1. The molecule has 1 saturated heterocycles. The topological polar surface area (TPSA) is 119 Å². The number of rotatable bonds is 20. The number of hydrogen-bond acceptors (Lipinski definition) is 7. The van der Waals surface area contributed by atoms with Crippen LogP contribution in [-0.2, 0) is 25.5 Å². The Hall–Kier alpha value is -4.50. The van der Waals surface area contributed by atoms with Gasteiger partial charge in [-0.1, -0.05) is 114 Å². The molecule has 0 radical (unpaired) electrons. The fraction of sp³-hybridized carbons (Fsp3) is 0.439. The minimum Gasteiger partial charge on any atom is -0.497 e. The zero-order chi connectivity index (χ0) is 36.8. The Morgan fingerprint density at radius 1 is 0.804 bits per heavy atom. The van der Waals surface area contributed by atoms with Crippen molar-refractivity contribution in [1.82, 2.24) is 4.90 Å². The summed E-state index contributed by atoms with van der Waals surface area (Å²) in [5.74, 6) is -4.57. The predicted octanol–water partition coefficient (Wildman–Crippen LogP) is 8.48. The highest BCUT2D eigenvalue weighted by Gasteiger charge is 2.51. The quantitative estimate of drug-likeness (QED) is 0.0410. The molecule has 0 bridgehead atoms. The maximum atomic E-state index is 14.0. The number of benzene rings is 3. The van der Waals surface area contributed by atoms with Crippen LogP contribution in [0.2, 0.25) is 5.02 Å². The third-order valence-electron chi connectivity index (χ3n) is 9.40. The number of anilines is 1. The molecule has 10 heteroatoms. The van der Waals surface area contributed by atoms with Gasteiger partial charge in [0.15, 0.2) is 11.8 Å². The van der Waals surface area contributed by atoms with Crippen LogP contribution in [0.4, 0.5) is 5.69 Å². The number of ether oxygens (including phenoxy) is 2. The van der Waals surface area contributed by atoms with Gasteiger partial charge in [0.25, 0.3) is 5.91 Å². The molecule has 9 nitrogen and oxygen atoms in total. The van der Waals surface area contributed by atoms with Gasteiger partial charge in [-0.05, 0) is 60.9 Å². The van der Waals surface area contributed by atoms with Gasteiger partial charge in [0, 0.05) is 11.5 Å². The molecule has 3 amide bonds. The average Bonchev–Trinajstić information content (AvgIpc) is 3.34. The van der Waals surface area contributed by atoms with Crippen molar-refractivity contribution in [1.29, 1.82) is 0 Å². The minimum atomic E-state index is -1.83. The smallest absolute Gasteiger partial charge is 0.338 e. The number of carbonyl (C=O) groups excluding carboxylic acids is 5. The molecular formula is C41H49ClN2O7. The van der Waals surface area contributed by atoms with Gasteiger partial charge < -0.3 is 14.8 Å². The Bertz CT molecular complexity index is 1640. The lowest BCUT2D eigenvalue weighted by Gasteiger charge is -2.25. The van der Waals surface area contributed by atoms with Gasteiger partial charge in [0.2, 0.25) is 11.8 Å². The van der Waals surface area contributed by atoms with Crippen molar-refractivity contribution >= 4 is 46.8 Å². The van der Waals surface area contributed by atoms with Crippen molar-refractivity contribution in [3.05, 3.63) is 94.5 Å². The second-order valence-corrected chi connectivity index (χ2v) is 13.5. The molecule has 1 aliphatic heterocycles. The van der Waals surface area contributed by atoms with E-state index in [0.717, 1.165) is 29.7 Å². The first-order valence-corrected chi connectivity index (χ1v) is 18.4. The third kappa shape index (κ3) is 10.7. The van der Waals surface area contributed by atoms with Gasteiger partial charge in [0.05, 0.1) is 35.9 Å². The standard InChI is InChI=1S/C41H49ClN2O7/c1-4-5-6-7-8-9-10-11-12-16-25-51-41(49)31-21-24-34(42)35(27-31)43-38(46)36(37(45)30-19-22-32(50-3)23-20-30)44-39(47)28(2)33(40(44)48)26-29-17-14-13-15-18-29/h13-15,17-24,27-28,33,36H,4-12,16,25-26H2,1-3H3,(H,43,46). The first-order chi connectivity index (χ1) is 24.7. The van der Waals surface area contributed by atoms with Crippen LogP contribution in [0.15, 0.2) is 72.8 Å². The molecule has 1 fully saturated rings. The van der Waals surface area contributed by atoms with E-state index >= 15 is 0 Å². The highest BCUT2D eigenvalue weighted by atomic mass is 35.5. The van der Waals surface area contributed by atoms with E-state index in [0.29, 0.717) is 5.75 Å². The van der Waals surface area contributed by atoms with Crippen LogP contribution in [0, 0.1) is 11.8 Å². The third-order valence-corrected chi connectivity index (χ3v) is 9.73. The van der Waals surface area contributed by atoms with Gasteiger partial charge in [-0.15, -0.1) is 0 Å². The van der Waals surface area contributed by atoms with Crippen molar-refractivity contribution in [3.8, 4) is 5.75 Å². The van der Waals surface area contributed by atoms with Crippen LogP contribution in [-0.4, -0.2) is 54.1 Å². The van der Waals surface area contributed by atoms with E-state index in [-0.39, 0.29) is 34.9 Å². The summed E-state index contributed by atoms with van der Waals surface area (Å²) in [6.45, 7) is 4.11. The lowest BCUT2D eigenvalue weighted by Crippen LogP contribution is -2.52. The highest BCUT2D eigenvalue weighted by molar-refractivity contribution is 6.34. The zero-order valence-electron chi connectivity index (χ0n) is 29.8. The summed E-state index contributed by atoms with van der Waals surface area (Å²) in [4.78, 5) is 69.3. The lowest BCUT2D eigenvalue weighted by atomic mass is 9.90. The number of imide groups is 1. The van der Waals surface area contributed by atoms with E-state index in [1.54, 1.807) is 19.1 Å². The Balaban J connectivity index is 1.46. The van der Waals surface area contributed by atoms with Crippen LogP contribution in [0.1, 0.15) is 104 Å². The average molecular weight is 717 g/mol. The van der Waals surface area contributed by atoms with Gasteiger partial charge in [-0.25, -0.2) is 4.79 Å². The fourth-order valence-corrected chi connectivity index (χ4v) is 6.50. The van der Waals surface area contributed by atoms with Crippen LogP contribution < -0.4 is 10.1 Å². The maximum Gasteiger partial charge on any atom is 0.338 e. The molecule has 4 rings (SSSR count). The number of esters is 1. The maximum absolute atomic E-state index is 14.0. The number of unbranched alkanes of at least 4 members (excludes halogenated alkanes) is 9. The summed E-state index contributed by atoms with van der Waals surface area (Å²) < 4.78 is 10.7. The minimum absolute atomic E-state index is 0.0376. The molecule has 3 unspecified atom stereocenters. The van der Waals surface area contributed by atoms with Crippen LogP contribution >= 0.6 is 11.6 Å². The molecule has 0 aromatic heterocycles. The fourth-order valence-electron chi connectivity index (χ4n) is 6.33. The van der Waals surface area contributed by atoms with Crippen LogP contribution in [0.25, 0.3) is 0 Å². The molecule has 0 spiro atoms. The Kier molecular flexibility index (Phi) is 15.2. The molecular weight excluding hydrogens is 668 g/mol. The highest BCUT2D eigenvalue weighted by Crippen LogP contribution is 2.33. The molecule has 1 heterocycles. The molecule has 0 aliphatic carbocycles. The molecule has 0 saturated carbocycles. The number of Topliss-reactive ketones (excluding diaryl/α,β-unsaturated/α-hetero) is 1. The second-order valence-electron chi connectivity index (χ2n) is 13.1. The van der Waals surface area contributed by atoms with Gasteiger partial charge in [-0.3, -0.25) is 24.1 Å². The van der Waals surface area contributed by atoms with E-state index in [9.17, 15) is 24.0 Å². The number of likely N-dealkylation sites (tertiary alicyclic amines) is 1. The number of nitrogens with one attached hydrogen (secondary N) is 1. The van der Waals surface area contributed by atoms with E-state index in [2.05, 4.69) is 12.2 Å². The summed E-state index contributed by atoms with van der Waals surface area (Å²) in [5.41, 5.74) is 1.15. The van der Waals surface area contributed by atoms with Crippen molar-refractivity contribution in [2.24, 2.45) is 11.8 Å². The second kappa shape index (κ2) is 19.8. The Morgan fingerprint density at radius 3 is 2.04 bits per heavy atom. The molecule has 51 heavy (non-hydrogen) atoms. The number of hydrogen-bond donors (Lipinski definition) is 1. The molecule has 1 N–H and O–H groups in total. The van der Waals surface area contributed by atoms with Crippen molar-refractivity contribution in [2.75, 3.05) is 19.0 Å². The number of halogens is 1. The monoisotopic (exact) mass is 716 g/mol. The van der Waals surface area contributed by atoms with Gasteiger partial charge in [-0.2, -0.15) is 0 Å². The van der Waals surface area contributed by atoms with Crippen LogP contribution in [0.5, 0.6) is 5.75 Å². The Morgan fingerprint density at radius 2 is 1.41 bits per heavy atom. The van der Waals surface area contributed by atoms with Gasteiger partial charge in [0.1, 0.15) is 5.75 Å². The zero-order valence-corrected chi connectivity index (χ0v) is 30.6. The lowest BCUT2D eigenvalue weighted by molar-refractivity contribution is -0.145. The molecule has 272 valence electrons. The molecule has 3 atom stereocenters. The number of ketones is 1. The number of carbonyl (C=O) groups is 5. The first kappa shape index (κ1) is 39.3. The summed E-state index contributed by atoms with van der Waals surface area (Å²) in [5, 5.41) is 2.71. The van der Waals surface area contributed by atoms with E-state index < -0.39 is 47.4 Å². The van der Waals surface area contributed by atoms with Gasteiger partial charge >= 0.3 is 5.97 Å². The van der Waals surface area contributed by atoms with E-state index in [4.69, 9.17) is 21.1 Å². The largest absolute Gasteiger partial charge is 0.497 e. The number of methoxy groups -OCH3 is 1. The molecule has 3 aromatic rings. The summed E-state index contributed by atoms with van der Waals surface area (Å²) >= 11 is 6.44. The summed E-state index contributed by atoms with van der Waals surface area (Å²) in [6.07, 6.45) is 11.9. The van der Waals surface area contributed by atoms with E-state index in [1.165, 1.54) is 82.4 Å². The van der Waals surface area contributed by atoms with Crippen molar-refractivity contribution in [2.45, 2.75) is 90.5 Å². The first-order valence-electron chi connectivity index (χ1n) is 18.0. The molecule has 1 aliphatic rings. The summed E-state index contributed by atoms with van der Waals surface area (Å²) in [7, 11) is 1.48. The van der Waals surface area contributed by atoms with E-state index in [1.807, 2.05) is 30.3 Å². The number of nitrogens with zero attached hydrogens (tertiary/aromatic N) is 1.